The van der Waals surface area contributed by atoms with Crippen LogP contribution in [0.25, 0.3) is 0 Å². The van der Waals surface area contributed by atoms with E-state index in [4.69, 9.17) is 0 Å². The van der Waals surface area contributed by atoms with Gasteiger partial charge in [-0.2, -0.15) is 0 Å². The molecule has 0 bridgehead atoms. The molecular weight excluding hydrogens is 68.0 g/mol. The predicted octanol–water partition coefficient (Wildman–Crippen LogP) is -1.69. The summed E-state index contributed by atoms with van der Waals surface area (Å²) in [5, 5.41) is 2.93. The Morgan fingerprint density at radius 3 is 1.80 bits per heavy atom. The summed E-state index contributed by atoms with van der Waals surface area (Å²) < 4.78 is 0. The fourth-order valence-electron chi connectivity index (χ4n) is 0. The molecule has 0 aliphatic heterocycles. The second kappa shape index (κ2) is 1.69. The van der Waals surface area contributed by atoms with Crippen LogP contribution in [0.1, 0.15) is 0 Å². The van der Waals surface area contributed by atoms with E-state index in [2.05, 4.69) is 0 Å². The Bertz CT molecular complexity index is 34.6. The second-order valence-electron chi connectivity index (χ2n) is 0.986. The van der Waals surface area contributed by atoms with E-state index in [1.807, 2.05) is 0 Å². The lowest BCUT2D eigenvalue weighted by atomic mass is 11.2. The number of hydrazine groups is 1. The first-order valence-corrected chi connectivity index (χ1v) is 1.32. The summed E-state index contributed by atoms with van der Waals surface area (Å²) in [6, 6.07) is 0. The normalized spacial score (nSPS) is 6.80. The molecule has 5 heavy (non-hydrogen) atoms. The van der Waals surface area contributed by atoms with Crippen molar-refractivity contribution in [3.8, 4) is 0 Å². The van der Waals surface area contributed by atoms with E-state index in [0.29, 0.717) is 0 Å². The minimum absolute atomic E-state index is 1.32. The number of nitrogens with one attached hydrogen (secondary N) is 1. The third kappa shape index (κ3) is 3.40. The molecule has 0 rings (SSSR count). The van der Waals surface area contributed by atoms with Crippen molar-refractivity contribution < 1.29 is 5.29 Å². The van der Waals surface area contributed by atoms with Crippen LogP contribution >= 0.6 is 0 Å². The Labute approximate surface area is 30.5 Å². The minimum Gasteiger partial charge on any atom is -0.149 e. The van der Waals surface area contributed by atoms with Crippen molar-refractivity contribution in [3.63, 3.8) is 0 Å². The quantitative estimate of drug-likeness (QED) is 0.377. The molecule has 0 heterocycles. The van der Waals surface area contributed by atoms with Gasteiger partial charge < -0.3 is 0 Å². The first-order valence-electron chi connectivity index (χ1n) is 1.32. The third-order valence-electron chi connectivity index (χ3n) is 0.183. The van der Waals surface area contributed by atoms with Crippen molar-refractivity contribution in [2.45, 2.75) is 0 Å². The van der Waals surface area contributed by atoms with Crippen molar-refractivity contribution in [3.05, 3.63) is 4.91 Å². The molecule has 30 valence electrons. The van der Waals surface area contributed by atoms with Gasteiger partial charge in [-0.05, 0) is 0 Å². The van der Waals surface area contributed by atoms with Crippen molar-refractivity contribution >= 4 is 0 Å². The van der Waals surface area contributed by atoms with Crippen LogP contribution in [0.5, 0.6) is 0 Å². The zero-order chi connectivity index (χ0) is 4.28. The Morgan fingerprint density at radius 2 is 1.80 bits per heavy atom. The summed E-state index contributed by atoms with van der Waals surface area (Å²) >= 11 is 0. The molecule has 0 atom stereocenters. The number of nitrogens with zero attached hydrogens (tertiary/aromatic N) is 1. The third-order valence-corrected chi connectivity index (χ3v) is 0.183. The molecule has 0 aliphatic carbocycles. The van der Waals surface area contributed by atoms with Crippen LogP contribution in [0.4, 0.5) is 0 Å². The van der Waals surface area contributed by atoms with Crippen LogP contribution in [0, 0.1) is 4.91 Å². The summed E-state index contributed by atoms with van der Waals surface area (Å²) in [6.45, 7) is 0. The maximum Gasteiger partial charge on any atom is 0.102 e. The Morgan fingerprint density at radius 1 is 1.60 bits per heavy atom. The average molecular weight is 75.1 g/mol. The highest BCUT2D eigenvalue weighted by atomic mass is 16.3. The lowest BCUT2D eigenvalue weighted by Gasteiger charge is -1.82. The molecule has 0 saturated carbocycles. The van der Waals surface area contributed by atoms with E-state index in [0.717, 1.165) is 0 Å². The summed E-state index contributed by atoms with van der Waals surface area (Å²) in [7, 11) is 3.26. The van der Waals surface area contributed by atoms with Crippen LogP contribution in [-0.4, -0.2) is 19.1 Å². The smallest absolute Gasteiger partial charge is 0.102 e. The highest BCUT2D eigenvalue weighted by molar-refractivity contribution is 3.91. The molecule has 0 spiro atoms. The second-order valence-corrected chi connectivity index (χ2v) is 0.986. The van der Waals surface area contributed by atoms with Gasteiger partial charge in [-0.1, -0.05) is 0 Å². The van der Waals surface area contributed by atoms with Crippen LogP contribution in [0.15, 0.2) is 0 Å². The molecule has 0 amide bonds. The molecule has 0 saturated heterocycles. The van der Waals surface area contributed by atoms with E-state index in [1.54, 1.807) is 19.4 Å². The molecule has 0 radical (unpaired) electrons. The van der Waals surface area contributed by atoms with Gasteiger partial charge in [0.05, 0.1) is 14.1 Å². The Kier molecular flexibility index (Phi) is 1.49. The average Bonchev–Trinajstić information content (AvgIpc) is 1.38. The van der Waals surface area contributed by atoms with Crippen molar-refractivity contribution in [2.75, 3.05) is 14.1 Å². The summed E-state index contributed by atoms with van der Waals surface area (Å²) in [6.07, 6.45) is 0. The van der Waals surface area contributed by atoms with E-state index in [-0.39, 0.29) is 0 Å². The van der Waals surface area contributed by atoms with Crippen LogP contribution in [0.3, 0.4) is 0 Å². The van der Waals surface area contributed by atoms with E-state index < -0.39 is 0 Å². The SMILES string of the molecule is CN(C)[NH+]=O. The summed E-state index contributed by atoms with van der Waals surface area (Å²) in [5.74, 6) is 0. The molecule has 0 aromatic heterocycles. The van der Waals surface area contributed by atoms with Gasteiger partial charge in [0.2, 0.25) is 0 Å². The first-order chi connectivity index (χ1) is 2.27. The topological polar surface area (TPSA) is 34.3 Å². The molecule has 0 aromatic rings. The lowest BCUT2D eigenvalue weighted by Crippen LogP contribution is -2.74. The van der Waals surface area contributed by atoms with Gasteiger partial charge in [-0.15, -0.1) is 5.01 Å². The zero-order valence-electron chi connectivity index (χ0n) is 3.36. The first kappa shape index (κ1) is 4.40. The fraction of sp³-hybridized carbons (Fsp3) is 1.00. The summed E-state index contributed by atoms with van der Waals surface area (Å²) in [4.78, 5) is 9.31. The summed E-state index contributed by atoms with van der Waals surface area (Å²) in [5.41, 5.74) is 0. The maximum absolute atomic E-state index is 9.31. The maximum atomic E-state index is 9.31. The largest absolute Gasteiger partial charge is 0.149 e. The molecule has 0 aromatic carbocycles. The standard InChI is InChI=1S/C2H6N2O/c1-4(2)3-5/h1-2H3/p+1. The molecule has 0 fully saturated rings. The van der Waals surface area contributed by atoms with Gasteiger partial charge in [-0.25, -0.2) is 0 Å². The van der Waals surface area contributed by atoms with Crippen molar-refractivity contribution in [2.24, 2.45) is 0 Å². The van der Waals surface area contributed by atoms with E-state index in [1.165, 1.54) is 5.01 Å². The monoisotopic (exact) mass is 75.1 g/mol. The Hall–Kier alpha value is -0.600. The fourth-order valence-corrected chi connectivity index (χ4v) is 0. The molecule has 0 unspecified atom stereocenters. The van der Waals surface area contributed by atoms with Crippen LogP contribution < -0.4 is 5.29 Å². The van der Waals surface area contributed by atoms with Crippen LogP contribution in [-0.2, 0) is 0 Å². The van der Waals surface area contributed by atoms with Gasteiger partial charge in [0.25, 0.3) is 0 Å². The molecular formula is C2H7N2O+. The minimum atomic E-state index is 1.32. The number of hydrogen-bond acceptors (Lipinski definition) is 1. The van der Waals surface area contributed by atoms with Gasteiger partial charge in [-0.3, -0.25) is 0 Å². The van der Waals surface area contributed by atoms with Gasteiger partial charge in [0, 0.05) is 4.91 Å². The lowest BCUT2D eigenvalue weighted by molar-refractivity contribution is -0.650. The molecule has 1 N–H and O–H groups in total. The molecule has 3 nitrogen and oxygen atoms in total. The Balaban J connectivity index is 2.83. The number of nitroso groups, excluding NO2 is 1. The highest BCUT2D eigenvalue weighted by Gasteiger charge is 1.76. The van der Waals surface area contributed by atoms with Gasteiger partial charge in [0.15, 0.2) is 0 Å². The predicted molar refractivity (Wildman–Crippen MR) is 18.0 cm³/mol. The van der Waals surface area contributed by atoms with Gasteiger partial charge in [0.1, 0.15) is 5.29 Å². The van der Waals surface area contributed by atoms with Gasteiger partial charge >= 0.3 is 0 Å². The highest BCUT2D eigenvalue weighted by Crippen LogP contribution is 1.33. The zero-order valence-corrected chi connectivity index (χ0v) is 3.36. The van der Waals surface area contributed by atoms with Crippen molar-refractivity contribution in [1.29, 1.82) is 0 Å². The number of rotatable bonds is 1. The molecule has 3 heteroatoms. The van der Waals surface area contributed by atoms with Crippen molar-refractivity contribution in [1.82, 2.24) is 5.01 Å². The number of hydrogen-bond donors (Lipinski definition) is 1. The van der Waals surface area contributed by atoms with Crippen LogP contribution in [0.2, 0.25) is 0 Å². The van der Waals surface area contributed by atoms with E-state index >= 15 is 0 Å². The molecule has 0 aliphatic rings. The van der Waals surface area contributed by atoms with E-state index in [9.17, 15) is 4.91 Å².